The molecule has 0 saturated carbocycles. The average molecular weight is 263 g/mol. The molecule has 1 rings (SSSR count). The van der Waals surface area contributed by atoms with E-state index in [1.54, 1.807) is 7.05 Å². The lowest BCUT2D eigenvalue weighted by molar-refractivity contribution is -0.136. The second kappa shape index (κ2) is 6.89. The Hall–Kier alpha value is -1.88. The van der Waals surface area contributed by atoms with Crippen LogP contribution in [0.4, 0.5) is 0 Å². The normalized spacial score (nSPS) is 11.8. The van der Waals surface area contributed by atoms with Crippen LogP contribution in [0.1, 0.15) is 24.1 Å². The number of hydrogen-bond acceptors (Lipinski definition) is 3. The molecule has 0 radical (unpaired) electrons. The third kappa shape index (κ3) is 4.06. The maximum absolute atomic E-state index is 12.2. The molecular formula is C14H21N3O2. The Morgan fingerprint density at radius 3 is 2.37 bits per heavy atom. The zero-order valence-corrected chi connectivity index (χ0v) is 11.6. The van der Waals surface area contributed by atoms with E-state index in [9.17, 15) is 9.59 Å². The maximum atomic E-state index is 12.2. The van der Waals surface area contributed by atoms with Gasteiger partial charge in [-0.1, -0.05) is 29.8 Å². The summed E-state index contributed by atoms with van der Waals surface area (Å²) in [5.41, 5.74) is 7.83. The summed E-state index contributed by atoms with van der Waals surface area (Å²) in [4.78, 5) is 25.0. The lowest BCUT2D eigenvalue weighted by Gasteiger charge is -2.23. The minimum atomic E-state index is -0.731. The molecule has 1 aromatic rings. The molecule has 1 unspecified atom stereocenters. The van der Waals surface area contributed by atoms with E-state index < -0.39 is 6.04 Å². The molecule has 0 fully saturated rings. The van der Waals surface area contributed by atoms with E-state index in [1.807, 2.05) is 38.1 Å². The number of rotatable bonds is 5. The highest BCUT2D eigenvalue weighted by Crippen LogP contribution is 2.14. The first-order valence-corrected chi connectivity index (χ1v) is 6.31. The Bertz CT molecular complexity index is 443. The van der Waals surface area contributed by atoms with Crippen LogP contribution in [-0.2, 0) is 9.59 Å². The van der Waals surface area contributed by atoms with Gasteiger partial charge in [-0.2, -0.15) is 0 Å². The second-order valence-electron chi connectivity index (χ2n) is 4.41. The number of hydrogen-bond donors (Lipinski definition) is 2. The molecule has 0 spiro atoms. The van der Waals surface area contributed by atoms with E-state index in [1.165, 1.54) is 4.90 Å². The monoisotopic (exact) mass is 263 g/mol. The fraction of sp³-hybridized carbons (Fsp3) is 0.429. The standard InChI is InChI=1S/C14H21N3O2/c1-4-17(9-12(18)16-3)14(19)13(15)11-7-5-10(2)6-8-11/h5-8,13H,4,9,15H2,1-3H3,(H,16,18). The zero-order chi connectivity index (χ0) is 14.4. The number of amides is 2. The summed E-state index contributed by atoms with van der Waals surface area (Å²) in [7, 11) is 1.54. The summed E-state index contributed by atoms with van der Waals surface area (Å²) in [6, 6.07) is 6.77. The van der Waals surface area contributed by atoms with Crippen molar-refractivity contribution in [2.75, 3.05) is 20.1 Å². The van der Waals surface area contributed by atoms with Gasteiger partial charge in [-0.05, 0) is 19.4 Å². The molecule has 0 aliphatic rings. The van der Waals surface area contributed by atoms with Crippen LogP contribution in [0.5, 0.6) is 0 Å². The highest BCUT2D eigenvalue weighted by atomic mass is 16.2. The van der Waals surface area contributed by atoms with Crippen LogP contribution in [0, 0.1) is 6.92 Å². The van der Waals surface area contributed by atoms with E-state index in [0.29, 0.717) is 6.54 Å². The van der Waals surface area contributed by atoms with E-state index in [2.05, 4.69) is 5.32 Å². The molecule has 0 aliphatic heterocycles. The first kappa shape index (κ1) is 15.2. The van der Waals surface area contributed by atoms with Crippen LogP contribution < -0.4 is 11.1 Å². The van der Waals surface area contributed by atoms with Crippen LogP contribution in [-0.4, -0.2) is 36.9 Å². The SMILES string of the molecule is CCN(CC(=O)NC)C(=O)C(N)c1ccc(C)cc1. The molecule has 0 saturated heterocycles. The summed E-state index contributed by atoms with van der Waals surface area (Å²) in [5.74, 6) is -0.443. The first-order chi connectivity index (χ1) is 8.99. The fourth-order valence-corrected chi connectivity index (χ4v) is 1.71. The van der Waals surface area contributed by atoms with Gasteiger partial charge < -0.3 is 16.0 Å². The Morgan fingerprint density at radius 2 is 1.89 bits per heavy atom. The van der Waals surface area contributed by atoms with Gasteiger partial charge in [0.25, 0.3) is 0 Å². The van der Waals surface area contributed by atoms with Gasteiger partial charge in [0.1, 0.15) is 6.04 Å². The quantitative estimate of drug-likeness (QED) is 0.816. The van der Waals surface area contributed by atoms with E-state index in [-0.39, 0.29) is 18.4 Å². The summed E-state index contributed by atoms with van der Waals surface area (Å²) >= 11 is 0. The van der Waals surface area contributed by atoms with Gasteiger partial charge >= 0.3 is 0 Å². The Morgan fingerprint density at radius 1 is 1.32 bits per heavy atom. The third-order valence-corrected chi connectivity index (χ3v) is 3.01. The summed E-state index contributed by atoms with van der Waals surface area (Å²) in [6.07, 6.45) is 0. The molecule has 5 nitrogen and oxygen atoms in total. The summed E-state index contributed by atoms with van der Waals surface area (Å²) in [5, 5.41) is 2.50. The van der Waals surface area contributed by atoms with Crippen molar-refractivity contribution in [3.8, 4) is 0 Å². The largest absolute Gasteiger partial charge is 0.358 e. The van der Waals surface area contributed by atoms with E-state index >= 15 is 0 Å². The molecule has 0 heterocycles. The van der Waals surface area contributed by atoms with Gasteiger partial charge in [0.05, 0.1) is 6.54 Å². The zero-order valence-electron chi connectivity index (χ0n) is 11.6. The van der Waals surface area contributed by atoms with Gasteiger partial charge in [0, 0.05) is 13.6 Å². The van der Waals surface area contributed by atoms with E-state index in [4.69, 9.17) is 5.73 Å². The van der Waals surface area contributed by atoms with Crippen molar-refractivity contribution in [2.24, 2.45) is 5.73 Å². The number of benzene rings is 1. The number of aryl methyl sites for hydroxylation is 1. The number of likely N-dealkylation sites (N-methyl/N-ethyl adjacent to an activating group) is 2. The molecule has 3 N–H and O–H groups in total. The Kier molecular flexibility index (Phi) is 5.51. The van der Waals surface area contributed by atoms with Crippen molar-refractivity contribution in [2.45, 2.75) is 19.9 Å². The third-order valence-electron chi connectivity index (χ3n) is 3.01. The molecule has 0 aliphatic carbocycles. The van der Waals surface area contributed by atoms with Crippen molar-refractivity contribution in [3.05, 3.63) is 35.4 Å². The van der Waals surface area contributed by atoms with Crippen LogP contribution in [0.2, 0.25) is 0 Å². The smallest absolute Gasteiger partial charge is 0.244 e. The molecular weight excluding hydrogens is 242 g/mol. The van der Waals surface area contributed by atoms with Gasteiger partial charge in [-0.3, -0.25) is 9.59 Å². The van der Waals surface area contributed by atoms with Crippen molar-refractivity contribution in [1.29, 1.82) is 0 Å². The molecule has 0 aromatic heterocycles. The molecule has 104 valence electrons. The van der Waals surface area contributed by atoms with Crippen LogP contribution >= 0.6 is 0 Å². The van der Waals surface area contributed by atoms with Crippen LogP contribution in [0.15, 0.2) is 24.3 Å². The van der Waals surface area contributed by atoms with Crippen LogP contribution in [0.25, 0.3) is 0 Å². The predicted octanol–water partition coefficient (Wildman–Crippen LogP) is 0.589. The number of nitrogens with zero attached hydrogens (tertiary/aromatic N) is 1. The average Bonchev–Trinajstić information content (AvgIpc) is 2.43. The van der Waals surface area contributed by atoms with Crippen molar-refractivity contribution >= 4 is 11.8 Å². The molecule has 2 amide bonds. The fourth-order valence-electron chi connectivity index (χ4n) is 1.71. The Balaban J connectivity index is 2.79. The minimum Gasteiger partial charge on any atom is -0.358 e. The van der Waals surface area contributed by atoms with Crippen molar-refractivity contribution in [3.63, 3.8) is 0 Å². The first-order valence-electron chi connectivity index (χ1n) is 6.31. The second-order valence-corrected chi connectivity index (χ2v) is 4.41. The van der Waals surface area contributed by atoms with Gasteiger partial charge in [-0.15, -0.1) is 0 Å². The number of nitrogens with two attached hydrogens (primary N) is 1. The topological polar surface area (TPSA) is 75.4 Å². The number of nitrogens with one attached hydrogen (secondary N) is 1. The predicted molar refractivity (Wildman–Crippen MR) is 74.4 cm³/mol. The van der Waals surface area contributed by atoms with Crippen molar-refractivity contribution < 1.29 is 9.59 Å². The van der Waals surface area contributed by atoms with Crippen LogP contribution in [0.3, 0.4) is 0 Å². The molecule has 1 aromatic carbocycles. The highest BCUT2D eigenvalue weighted by Gasteiger charge is 2.22. The van der Waals surface area contributed by atoms with Gasteiger partial charge in [0.2, 0.25) is 11.8 Å². The molecule has 1 atom stereocenters. The molecule has 19 heavy (non-hydrogen) atoms. The molecule has 5 heteroatoms. The number of carbonyl (C=O) groups is 2. The molecule has 0 bridgehead atoms. The lowest BCUT2D eigenvalue weighted by Crippen LogP contribution is -2.43. The highest BCUT2D eigenvalue weighted by molar-refractivity contribution is 5.88. The lowest BCUT2D eigenvalue weighted by atomic mass is 10.0. The minimum absolute atomic E-state index is 0.0331. The van der Waals surface area contributed by atoms with Crippen molar-refractivity contribution in [1.82, 2.24) is 10.2 Å². The van der Waals surface area contributed by atoms with Gasteiger partial charge in [0.15, 0.2) is 0 Å². The van der Waals surface area contributed by atoms with E-state index in [0.717, 1.165) is 11.1 Å². The maximum Gasteiger partial charge on any atom is 0.244 e. The summed E-state index contributed by atoms with van der Waals surface area (Å²) in [6.45, 7) is 4.28. The Labute approximate surface area is 113 Å². The van der Waals surface area contributed by atoms with Gasteiger partial charge in [-0.25, -0.2) is 0 Å². The number of carbonyl (C=O) groups excluding carboxylic acids is 2. The summed E-state index contributed by atoms with van der Waals surface area (Å²) < 4.78 is 0.